The number of rotatable bonds is 3. The molecule has 1 fully saturated rings. The molecule has 0 radical (unpaired) electrons. The lowest BCUT2D eigenvalue weighted by atomic mass is 10.1. The van der Waals surface area contributed by atoms with E-state index in [-0.39, 0.29) is 28.4 Å². The largest absolute Gasteiger partial charge is 0.381 e. The van der Waals surface area contributed by atoms with Crippen molar-refractivity contribution in [2.45, 2.75) is 18.9 Å². The maximum Gasteiger partial charge on any atom is 0.288 e. The Morgan fingerprint density at radius 1 is 1.55 bits per heavy atom. The summed E-state index contributed by atoms with van der Waals surface area (Å²) in [7, 11) is 1.66. The second-order valence-electron chi connectivity index (χ2n) is 4.55. The molecule has 2 heterocycles. The van der Waals surface area contributed by atoms with Crippen molar-refractivity contribution >= 4 is 23.2 Å². The summed E-state index contributed by atoms with van der Waals surface area (Å²) in [5.41, 5.74) is -0.201. The Morgan fingerprint density at radius 3 is 2.80 bits per heavy atom. The van der Waals surface area contributed by atoms with Gasteiger partial charge in [0.25, 0.3) is 11.6 Å². The summed E-state index contributed by atoms with van der Waals surface area (Å²) in [6, 6.07) is 1.21. The molecule has 0 N–H and O–H groups in total. The van der Waals surface area contributed by atoms with E-state index in [1.807, 2.05) is 0 Å². The van der Waals surface area contributed by atoms with E-state index < -0.39 is 4.92 Å². The molecule has 0 spiro atoms. The molecule has 108 valence electrons. The van der Waals surface area contributed by atoms with Gasteiger partial charge in [0, 0.05) is 32.4 Å². The third kappa shape index (κ3) is 3.05. The van der Waals surface area contributed by atoms with Crippen LogP contribution < -0.4 is 0 Å². The van der Waals surface area contributed by atoms with E-state index in [9.17, 15) is 14.9 Å². The van der Waals surface area contributed by atoms with Crippen molar-refractivity contribution in [3.63, 3.8) is 0 Å². The number of pyridine rings is 1. The van der Waals surface area contributed by atoms with Gasteiger partial charge in [0.05, 0.1) is 10.5 Å². The molecule has 0 unspecified atom stereocenters. The Morgan fingerprint density at radius 2 is 2.20 bits per heavy atom. The van der Waals surface area contributed by atoms with Crippen LogP contribution in [0.4, 0.5) is 5.69 Å². The van der Waals surface area contributed by atoms with Crippen molar-refractivity contribution in [3.05, 3.63) is 33.1 Å². The van der Waals surface area contributed by atoms with Gasteiger partial charge >= 0.3 is 0 Å². The number of nitro groups is 1. The van der Waals surface area contributed by atoms with Crippen LogP contribution in [0, 0.1) is 10.1 Å². The minimum atomic E-state index is -0.603. The van der Waals surface area contributed by atoms with E-state index in [4.69, 9.17) is 16.3 Å². The zero-order valence-corrected chi connectivity index (χ0v) is 11.7. The first kappa shape index (κ1) is 14.7. The third-order valence-electron chi connectivity index (χ3n) is 3.32. The maximum absolute atomic E-state index is 12.4. The molecular weight excluding hydrogens is 286 g/mol. The van der Waals surface area contributed by atoms with Gasteiger partial charge in [-0.1, -0.05) is 11.6 Å². The summed E-state index contributed by atoms with van der Waals surface area (Å²) in [5, 5.41) is 10.7. The lowest BCUT2D eigenvalue weighted by molar-refractivity contribution is -0.385. The normalized spacial score (nSPS) is 15.9. The number of aromatic nitrogens is 1. The van der Waals surface area contributed by atoms with Gasteiger partial charge in [0.15, 0.2) is 0 Å². The Kier molecular flexibility index (Phi) is 4.51. The predicted molar refractivity (Wildman–Crippen MR) is 71.8 cm³/mol. The molecule has 7 nitrogen and oxygen atoms in total. The summed E-state index contributed by atoms with van der Waals surface area (Å²) >= 11 is 5.87. The van der Waals surface area contributed by atoms with Gasteiger partial charge in [0.1, 0.15) is 11.3 Å². The summed E-state index contributed by atoms with van der Waals surface area (Å²) in [4.78, 5) is 27.8. The van der Waals surface area contributed by atoms with Crippen molar-refractivity contribution in [3.8, 4) is 0 Å². The van der Waals surface area contributed by atoms with E-state index in [2.05, 4.69) is 4.98 Å². The third-order valence-corrected chi connectivity index (χ3v) is 3.63. The monoisotopic (exact) mass is 299 g/mol. The van der Waals surface area contributed by atoms with Crippen molar-refractivity contribution in [1.82, 2.24) is 9.88 Å². The van der Waals surface area contributed by atoms with Gasteiger partial charge in [-0.15, -0.1) is 0 Å². The highest BCUT2D eigenvalue weighted by Gasteiger charge is 2.26. The van der Waals surface area contributed by atoms with Crippen LogP contribution in [0.25, 0.3) is 0 Å². The minimum Gasteiger partial charge on any atom is -0.381 e. The molecule has 20 heavy (non-hydrogen) atoms. The van der Waals surface area contributed by atoms with Crippen LogP contribution in [0.15, 0.2) is 12.3 Å². The fraction of sp³-hybridized carbons (Fsp3) is 0.500. The van der Waals surface area contributed by atoms with Crippen molar-refractivity contribution < 1.29 is 14.5 Å². The first-order valence-corrected chi connectivity index (χ1v) is 6.53. The number of carbonyl (C=O) groups is 1. The molecule has 8 heteroatoms. The van der Waals surface area contributed by atoms with E-state index in [1.165, 1.54) is 0 Å². The standard InChI is InChI=1S/C12H14ClN3O4/c1-15(8-2-4-20-5-3-8)12(17)10-6-9(16(18)19)7-14-11(10)13/h6-8H,2-5H2,1H3. The van der Waals surface area contributed by atoms with Crippen LogP contribution in [-0.4, -0.2) is 47.0 Å². The smallest absolute Gasteiger partial charge is 0.288 e. The Balaban J connectivity index is 2.23. The van der Waals surface area contributed by atoms with Crippen LogP contribution in [0.5, 0.6) is 0 Å². The molecule has 2 rings (SSSR count). The summed E-state index contributed by atoms with van der Waals surface area (Å²) in [6.07, 6.45) is 2.51. The molecule has 1 amide bonds. The molecule has 1 aliphatic heterocycles. The lowest BCUT2D eigenvalue weighted by Gasteiger charge is -2.31. The molecule has 0 atom stereocenters. The number of amides is 1. The van der Waals surface area contributed by atoms with Crippen LogP contribution in [0.1, 0.15) is 23.2 Å². The van der Waals surface area contributed by atoms with Crippen LogP contribution in [0.2, 0.25) is 5.15 Å². The van der Waals surface area contributed by atoms with Gasteiger partial charge in [-0.05, 0) is 12.8 Å². The molecule has 1 aliphatic rings. The van der Waals surface area contributed by atoms with Gasteiger partial charge < -0.3 is 9.64 Å². The maximum atomic E-state index is 12.4. The molecule has 0 aliphatic carbocycles. The van der Waals surface area contributed by atoms with Crippen molar-refractivity contribution in [2.24, 2.45) is 0 Å². The minimum absolute atomic E-state index is 0.0282. The highest BCUT2D eigenvalue weighted by molar-refractivity contribution is 6.32. The Hall–Kier alpha value is -1.73. The van der Waals surface area contributed by atoms with Gasteiger partial charge in [-0.3, -0.25) is 14.9 Å². The molecule has 1 aromatic heterocycles. The predicted octanol–water partition coefficient (Wildman–Crippen LogP) is 1.89. The summed E-state index contributed by atoms with van der Waals surface area (Å²) in [6.45, 7) is 1.20. The molecule has 0 bridgehead atoms. The van der Waals surface area contributed by atoms with E-state index >= 15 is 0 Å². The molecule has 0 aromatic carbocycles. The number of ether oxygens (including phenoxy) is 1. The van der Waals surface area contributed by atoms with Crippen molar-refractivity contribution in [1.29, 1.82) is 0 Å². The lowest BCUT2D eigenvalue weighted by Crippen LogP contribution is -2.40. The van der Waals surface area contributed by atoms with Gasteiger partial charge in [-0.25, -0.2) is 4.98 Å². The number of hydrogen-bond acceptors (Lipinski definition) is 5. The summed E-state index contributed by atoms with van der Waals surface area (Å²) in [5.74, 6) is -0.363. The summed E-state index contributed by atoms with van der Waals surface area (Å²) < 4.78 is 5.24. The zero-order valence-electron chi connectivity index (χ0n) is 10.9. The van der Waals surface area contributed by atoms with E-state index in [1.54, 1.807) is 11.9 Å². The first-order valence-electron chi connectivity index (χ1n) is 6.15. The number of carbonyl (C=O) groups excluding carboxylic acids is 1. The van der Waals surface area contributed by atoms with Crippen LogP contribution >= 0.6 is 11.6 Å². The quantitative estimate of drug-likeness (QED) is 0.483. The van der Waals surface area contributed by atoms with Gasteiger partial charge in [-0.2, -0.15) is 0 Å². The highest BCUT2D eigenvalue weighted by atomic mass is 35.5. The Labute approximate surface area is 120 Å². The highest BCUT2D eigenvalue weighted by Crippen LogP contribution is 2.22. The Bertz CT molecular complexity index is 531. The number of hydrogen-bond donors (Lipinski definition) is 0. The second-order valence-corrected chi connectivity index (χ2v) is 4.91. The molecular formula is C12H14ClN3O4. The van der Waals surface area contributed by atoms with E-state index in [0.29, 0.717) is 13.2 Å². The second kappa shape index (κ2) is 6.15. The number of halogens is 1. The van der Waals surface area contributed by atoms with Crippen LogP contribution in [0.3, 0.4) is 0 Å². The van der Waals surface area contributed by atoms with E-state index in [0.717, 1.165) is 25.1 Å². The number of nitrogens with zero attached hydrogens (tertiary/aromatic N) is 3. The molecule has 1 aromatic rings. The van der Waals surface area contributed by atoms with Crippen molar-refractivity contribution in [2.75, 3.05) is 20.3 Å². The van der Waals surface area contributed by atoms with Gasteiger partial charge in [0.2, 0.25) is 0 Å². The molecule has 1 saturated heterocycles. The van der Waals surface area contributed by atoms with Crippen LogP contribution in [-0.2, 0) is 4.74 Å². The average Bonchev–Trinajstić information content (AvgIpc) is 2.47. The zero-order chi connectivity index (χ0) is 14.7. The fourth-order valence-corrected chi connectivity index (χ4v) is 2.30. The average molecular weight is 300 g/mol. The first-order chi connectivity index (χ1) is 9.50. The molecule has 0 saturated carbocycles. The SMILES string of the molecule is CN(C(=O)c1cc([N+](=O)[O-])cnc1Cl)C1CCOCC1. The topological polar surface area (TPSA) is 85.6 Å². The fourth-order valence-electron chi connectivity index (χ4n) is 2.12.